The highest BCUT2D eigenvalue weighted by Crippen LogP contribution is 2.30. The average molecular weight is 312 g/mol. The van der Waals surface area contributed by atoms with Crippen molar-refractivity contribution in [3.63, 3.8) is 0 Å². The first-order valence-electron chi connectivity index (χ1n) is 9.01. The van der Waals surface area contributed by atoms with Crippen molar-refractivity contribution in [2.45, 2.75) is 58.9 Å². The maximum absolute atomic E-state index is 12.3. The van der Waals surface area contributed by atoms with Gasteiger partial charge in [0.05, 0.1) is 0 Å². The highest BCUT2D eigenvalue weighted by atomic mass is 16.1. The predicted molar refractivity (Wildman–Crippen MR) is 96.2 cm³/mol. The largest absolute Gasteiger partial charge is 0.358 e. The van der Waals surface area contributed by atoms with E-state index in [1.807, 2.05) is 19.9 Å². The lowest BCUT2D eigenvalue weighted by molar-refractivity contribution is 0.0939. The van der Waals surface area contributed by atoms with Gasteiger partial charge in [0.25, 0.3) is 0 Å². The van der Waals surface area contributed by atoms with Crippen LogP contribution in [0.2, 0.25) is 0 Å². The summed E-state index contributed by atoms with van der Waals surface area (Å²) in [7, 11) is 0. The highest BCUT2D eigenvalue weighted by molar-refractivity contribution is 6.01. The van der Waals surface area contributed by atoms with E-state index in [1.54, 1.807) is 0 Å². The molecule has 1 aromatic carbocycles. The average Bonchev–Trinajstić information content (AvgIpc) is 2.91. The molecule has 1 unspecified atom stereocenters. The number of fused-ring (bicyclic) bond motifs is 3. The van der Waals surface area contributed by atoms with Crippen LogP contribution in [-0.4, -0.2) is 23.4 Å². The Bertz CT molecular complexity index is 699. The Morgan fingerprint density at radius 3 is 2.96 bits per heavy atom. The van der Waals surface area contributed by atoms with Crippen LogP contribution in [0.25, 0.3) is 10.9 Å². The van der Waals surface area contributed by atoms with Gasteiger partial charge in [0.15, 0.2) is 5.78 Å². The van der Waals surface area contributed by atoms with Gasteiger partial charge in [0.1, 0.15) is 0 Å². The number of aromatic amines is 1. The monoisotopic (exact) mass is 312 g/mol. The van der Waals surface area contributed by atoms with Gasteiger partial charge >= 0.3 is 0 Å². The quantitative estimate of drug-likeness (QED) is 0.618. The van der Waals surface area contributed by atoms with E-state index in [9.17, 15) is 4.79 Å². The number of rotatable bonds is 6. The zero-order chi connectivity index (χ0) is 16.4. The van der Waals surface area contributed by atoms with Crippen LogP contribution in [0.4, 0.5) is 0 Å². The van der Waals surface area contributed by atoms with Gasteiger partial charge in [-0.1, -0.05) is 27.2 Å². The van der Waals surface area contributed by atoms with Crippen molar-refractivity contribution in [2.24, 2.45) is 5.92 Å². The lowest BCUT2D eigenvalue weighted by Crippen LogP contribution is -2.34. The highest BCUT2D eigenvalue weighted by Gasteiger charge is 2.23. The molecule has 0 saturated carbocycles. The van der Waals surface area contributed by atoms with Crippen LogP contribution in [0.5, 0.6) is 0 Å². The third-order valence-electron chi connectivity index (χ3n) is 4.96. The first-order valence-corrected chi connectivity index (χ1v) is 9.01. The molecular weight excluding hydrogens is 284 g/mol. The van der Waals surface area contributed by atoms with Crippen LogP contribution in [0.1, 0.15) is 61.6 Å². The van der Waals surface area contributed by atoms with Crippen molar-refractivity contribution in [1.29, 1.82) is 0 Å². The zero-order valence-corrected chi connectivity index (χ0v) is 14.5. The zero-order valence-electron chi connectivity index (χ0n) is 14.5. The van der Waals surface area contributed by atoms with Gasteiger partial charge in [-0.05, 0) is 56.0 Å². The van der Waals surface area contributed by atoms with Crippen molar-refractivity contribution in [3.05, 3.63) is 35.0 Å². The minimum Gasteiger partial charge on any atom is -0.358 e. The van der Waals surface area contributed by atoms with Crippen LogP contribution in [0, 0.1) is 5.92 Å². The van der Waals surface area contributed by atoms with Gasteiger partial charge < -0.3 is 10.3 Å². The van der Waals surface area contributed by atoms with E-state index in [0.717, 1.165) is 24.9 Å². The van der Waals surface area contributed by atoms with Gasteiger partial charge in [-0.25, -0.2) is 0 Å². The number of carbonyl (C=O) groups is 1. The van der Waals surface area contributed by atoms with Crippen LogP contribution < -0.4 is 5.32 Å². The Morgan fingerprint density at radius 2 is 2.22 bits per heavy atom. The molecule has 0 saturated heterocycles. The molecule has 2 N–H and O–H groups in total. The summed E-state index contributed by atoms with van der Waals surface area (Å²) in [5.74, 6) is 0.279. The summed E-state index contributed by atoms with van der Waals surface area (Å²) in [6.07, 6.45) is 5.84. The number of H-pyrrole nitrogens is 1. The van der Waals surface area contributed by atoms with E-state index >= 15 is 0 Å². The normalized spacial score (nSPS) is 17.7. The van der Waals surface area contributed by atoms with E-state index in [2.05, 4.69) is 29.4 Å². The molecule has 0 amide bonds. The third-order valence-corrected chi connectivity index (χ3v) is 4.96. The van der Waals surface area contributed by atoms with E-state index in [1.165, 1.54) is 41.4 Å². The molecule has 124 valence electrons. The van der Waals surface area contributed by atoms with Crippen LogP contribution in [0.3, 0.4) is 0 Å². The summed E-state index contributed by atoms with van der Waals surface area (Å²) in [6.45, 7) is 7.27. The van der Waals surface area contributed by atoms with E-state index in [4.69, 9.17) is 0 Å². The van der Waals surface area contributed by atoms with Crippen molar-refractivity contribution >= 4 is 16.7 Å². The topological polar surface area (TPSA) is 44.9 Å². The number of Topliss-reactive ketones (excluding diaryl/α,β-unsaturated/α-hetero) is 1. The molecule has 1 aliphatic rings. The lowest BCUT2D eigenvalue weighted by Gasteiger charge is -2.23. The van der Waals surface area contributed by atoms with Gasteiger partial charge in [-0.2, -0.15) is 0 Å². The molecule has 3 rings (SSSR count). The first kappa shape index (κ1) is 16.3. The molecule has 0 fully saturated rings. The fourth-order valence-electron chi connectivity index (χ4n) is 3.56. The van der Waals surface area contributed by atoms with Crippen molar-refractivity contribution < 1.29 is 4.79 Å². The number of ketones is 1. The molecule has 0 bridgehead atoms. The number of hydrogen-bond acceptors (Lipinski definition) is 2. The summed E-state index contributed by atoms with van der Waals surface area (Å²) >= 11 is 0. The Hall–Kier alpha value is -1.61. The Morgan fingerprint density at radius 1 is 1.39 bits per heavy atom. The number of benzene rings is 1. The van der Waals surface area contributed by atoms with Crippen molar-refractivity contribution in [1.82, 2.24) is 10.3 Å². The van der Waals surface area contributed by atoms with Gasteiger partial charge in [-0.15, -0.1) is 0 Å². The Balaban J connectivity index is 1.87. The van der Waals surface area contributed by atoms with E-state index < -0.39 is 0 Å². The summed E-state index contributed by atoms with van der Waals surface area (Å²) in [5, 5.41) is 4.94. The summed E-state index contributed by atoms with van der Waals surface area (Å²) in [4.78, 5) is 15.9. The molecule has 0 aliphatic heterocycles. The second-order valence-electron chi connectivity index (χ2n) is 7.11. The molecule has 2 aromatic rings. The van der Waals surface area contributed by atoms with Crippen molar-refractivity contribution in [2.75, 3.05) is 6.54 Å². The van der Waals surface area contributed by atoms with Crippen LogP contribution in [0.15, 0.2) is 18.2 Å². The van der Waals surface area contributed by atoms with Gasteiger partial charge in [-0.3, -0.25) is 4.79 Å². The Kier molecular flexibility index (Phi) is 4.86. The summed E-state index contributed by atoms with van der Waals surface area (Å²) in [5.41, 5.74) is 4.79. The number of unbranched alkanes of at least 4 members (excludes halogenated alkanes) is 1. The van der Waals surface area contributed by atoms with E-state index in [-0.39, 0.29) is 11.7 Å². The minimum absolute atomic E-state index is 0.0469. The minimum atomic E-state index is 0.0469. The molecule has 1 atom stereocenters. The molecule has 23 heavy (non-hydrogen) atoms. The smallest absolute Gasteiger partial charge is 0.165 e. The number of aryl methyl sites for hydroxylation is 1. The lowest BCUT2D eigenvalue weighted by atomic mass is 9.90. The fourth-order valence-corrected chi connectivity index (χ4v) is 3.56. The van der Waals surface area contributed by atoms with Gasteiger partial charge in [0, 0.05) is 34.1 Å². The summed E-state index contributed by atoms with van der Waals surface area (Å²) < 4.78 is 0. The number of nitrogens with one attached hydrogen (secondary N) is 2. The SMILES string of the molecule is CCCCNC1CCc2[nH]c3ccc(C(=O)C(C)C)cc3c2C1. The molecule has 3 nitrogen and oxygen atoms in total. The first-order chi connectivity index (χ1) is 11.1. The second-order valence-corrected chi connectivity index (χ2v) is 7.11. The number of aromatic nitrogens is 1. The van der Waals surface area contributed by atoms with Crippen molar-refractivity contribution in [3.8, 4) is 0 Å². The molecule has 3 heteroatoms. The summed E-state index contributed by atoms with van der Waals surface area (Å²) in [6, 6.07) is 6.70. The second kappa shape index (κ2) is 6.88. The molecule has 1 aliphatic carbocycles. The number of hydrogen-bond donors (Lipinski definition) is 2. The fraction of sp³-hybridized carbons (Fsp3) is 0.550. The molecule has 1 heterocycles. The standard InChI is InChI=1S/C20H28N2O/c1-4-5-10-21-15-7-9-19-17(12-15)16-11-14(20(23)13(2)3)6-8-18(16)22-19/h6,8,11,13,15,21-22H,4-5,7,9-10,12H2,1-3H3. The molecule has 0 radical (unpaired) electrons. The predicted octanol–water partition coefficient (Wildman–Crippen LogP) is 4.25. The van der Waals surface area contributed by atoms with E-state index in [0.29, 0.717) is 6.04 Å². The van der Waals surface area contributed by atoms with Gasteiger partial charge in [0.2, 0.25) is 0 Å². The molecule has 1 aromatic heterocycles. The molecular formula is C20H28N2O. The number of carbonyl (C=O) groups excluding carboxylic acids is 1. The third kappa shape index (κ3) is 3.35. The van der Waals surface area contributed by atoms with Crippen LogP contribution in [-0.2, 0) is 12.8 Å². The Labute approximate surface area is 138 Å². The maximum atomic E-state index is 12.3. The molecule has 0 spiro atoms. The maximum Gasteiger partial charge on any atom is 0.165 e. The van der Waals surface area contributed by atoms with Crippen LogP contribution >= 0.6 is 0 Å².